The Labute approximate surface area is 201 Å². The summed E-state index contributed by atoms with van der Waals surface area (Å²) in [6.45, 7) is 5.36. The van der Waals surface area contributed by atoms with Crippen LogP contribution in [0.4, 0.5) is 0 Å². The van der Waals surface area contributed by atoms with E-state index in [2.05, 4.69) is 45.8 Å². The third-order valence-electron chi connectivity index (χ3n) is 7.45. The van der Waals surface area contributed by atoms with E-state index in [-0.39, 0.29) is 0 Å². The fourth-order valence-electron chi connectivity index (χ4n) is 5.21. The summed E-state index contributed by atoms with van der Waals surface area (Å²) in [6.07, 6.45) is 7.72. The molecule has 3 aromatic rings. The minimum absolute atomic E-state index is 0.355. The zero-order valence-electron chi connectivity index (χ0n) is 19.9. The molecule has 34 heavy (non-hydrogen) atoms. The van der Waals surface area contributed by atoms with Gasteiger partial charge in [0.15, 0.2) is 0 Å². The number of benzene rings is 2. The monoisotopic (exact) mass is 458 g/mol. The molecule has 1 aliphatic heterocycles. The molecule has 2 unspecified atom stereocenters. The first-order valence-electron chi connectivity index (χ1n) is 12.4. The molecule has 2 aliphatic rings. The summed E-state index contributed by atoms with van der Waals surface area (Å²) in [4.78, 5) is 13.5. The second kappa shape index (κ2) is 10.1. The van der Waals surface area contributed by atoms with E-state index in [4.69, 9.17) is 5.11 Å². The number of carboxylic acid groups (broad SMARTS) is 1. The molecule has 0 amide bonds. The van der Waals surface area contributed by atoms with Crippen LogP contribution in [0.1, 0.15) is 46.7 Å². The first-order chi connectivity index (χ1) is 16.5. The van der Waals surface area contributed by atoms with Gasteiger partial charge in [-0.1, -0.05) is 36.4 Å². The van der Waals surface area contributed by atoms with Crippen molar-refractivity contribution in [2.45, 2.75) is 31.7 Å². The molecule has 2 fully saturated rings. The predicted octanol–water partition coefficient (Wildman–Crippen LogP) is 4.39. The Hall–Kier alpha value is -2.96. The van der Waals surface area contributed by atoms with Crippen LogP contribution in [-0.4, -0.2) is 51.9 Å². The van der Waals surface area contributed by atoms with Crippen LogP contribution >= 0.6 is 0 Å². The number of aromatic carboxylic acids is 1. The summed E-state index contributed by atoms with van der Waals surface area (Å²) in [5.41, 5.74) is 5.41. The quantitative estimate of drug-likeness (QED) is 0.498. The van der Waals surface area contributed by atoms with Crippen LogP contribution in [0.2, 0.25) is 0 Å². The smallest absolute Gasteiger partial charge is 0.335 e. The second-order valence-electron chi connectivity index (χ2n) is 10.0. The summed E-state index contributed by atoms with van der Waals surface area (Å²) in [5, 5.41) is 17.1. The Balaban J connectivity index is 0.998. The van der Waals surface area contributed by atoms with Gasteiger partial charge in [-0.2, -0.15) is 5.10 Å². The molecule has 0 bridgehead atoms. The van der Waals surface area contributed by atoms with E-state index >= 15 is 0 Å². The molecule has 178 valence electrons. The maximum absolute atomic E-state index is 11.0. The fraction of sp³-hybridized carbons (Fsp3) is 0.429. The molecule has 6 nitrogen and oxygen atoms in total. The largest absolute Gasteiger partial charge is 0.478 e. The van der Waals surface area contributed by atoms with Crippen LogP contribution in [0.25, 0.3) is 11.1 Å². The number of aromatic nitrogens is 2. The third-order valence-corrected chi connectivity index (χ3v) is 7.45. The molecule has 0 spiro atoms. The third kappa shape index (κ3) is 5.57. The van der Waals surface area contributed by atoms with Crippen molar-refractivity contribution in [3.8, 4) is 11.1 Å². The highest BCUT2D eigenvalue weighted by Gasteiger charge is 2.37. The number of rotatable bonds is 9. The number of aryl methyl sites for hydroxylation is 1. The van der Waals surface area contributed by atoms with Gasteiger partial charge in [0.2, 0.25) is 0 Å². The van der Waals surface area contributed by atoms with Crippen molar-refractivity contribution in [3.63, 3.8) is 0 Å². The summed E-state index contributed by atoms with van der Waals surface area (Å²) < 4.78 is 1.84. The highest BCUT2D eigenvalue weighted by atomic mass is 16.4. The van der Waals surface area contributed by atoms with Crippen molar-refractivity contribution in [3.05, 3.63) is 77.6 Å². The second-order valence-corrected chi connectivity index (χ2v) is 10.0. The molecule has 0 radical (unpaired) electrons. The molecular weight excluding hydrogens is 424 g/mol. The van der Waals surface area contributed by atoms with Gasteiger partial charge in [0.1, 0.15) is 0 Å². The normalized spacial score (nSPS) is 21.0. The Morgan fingerprint density at radius 2 is 1.76 bits per heavy atom. The Bertz CT molecular complexity index is 1100. The van der Waals surface area contributed by atoms with E-state index in [1.807, 2.05) is 30.1 Å². The first kappa shape index (κ1) is 22.8. The highest BCUT2D eigenvalue weighted by molar-refractivity contribution is 5.87. The van der Waals surface area contributed by atoms with Gasteiger partial charge in [-0.25, -0.2) is 4.79 Å². The van der Waals surface area contributed by atoms with Crippen molar-refractivity contribution in [2.24, 2.45) is 18.9 Å². The summed E-state index contributed by atoms with van der Waals surface area (Å²) in [7, 11) is 1.95. The lowest BCUT2D eigenvalue weighted by atomic mass is 9.96. The average molecular weight is 459 g/mol. The number of nitrogens with zero attached hydrogens (tertiary/aromatic N) is 3. The molecule has 5 rings (SSSR count). The molecule has 2 N–H and O–H groups in total. The summed E-state index contributed by atoms with van der Waals surface area (Å²) in [6, 6.07) is 16.3. The van der Waals surface area contributed by atoms with Crippen molar-refractivity contribution in [2.75, 3.05) is 26.2 Å². The van der Waals surface area contributed by atoms with Gasteiger partial charge in [-0.3, -0.25) is 9.58 Å². The molecular formula is C28H34N4O2. The SMILES string of the molecule is Cn1cc(-c2ccc(C3CC3CNCC3CCN(Cc4ccc(C(=O)O)cc4)CC3)cc2)cn1. The lowest BCUT2D eigenvalue weighted by Gasteiger charge is -2.32. The molecule has 1 aromatic heterocycles. The van der Waals surface area contributed by atoms with Crippen LogP contribution in [0.15, 0.2) is 60.9 Å². The van der Waals surface area contributed by atoms with Crippen LogP contribution in [0.3, 0.4) is 0 Å². The lowest BCUT2D eigenvalue weighted by molar-refractivity contribution is 0.0697. The molecule has 6 heteroatoms. The first-order valence-corrected chi connectivity index (χ1v) is 12.4. The molecule has 2 aromatic carbocycles. The number of carbonyl (C=O) groups is 1. The van der Waals surface area contributed by atoms with Crippen LogP contribution < -0.4 is 5.32 Å². The molecule has 2 heterocycles. The number of hydrogen-bond donors (Lipinski definition) is 2. The van der Waals surface area contributed by atoms with Gasteiger partial charge < -0.3 is 10.4 Å². The van der Waals surface area contributed by atoms with Crippen LogP contribution in [-0.2, 0) is 13.6 Å². The van der Waals surface area contributed by atoms with Crippen LogP contribution in [0, 0.1) is 11.8 Å². The molecule has 1 saturated heterocycles. The van der Waals surface area contributed by atoms with E-state index in [0.29, 0.717) is 11.5 Å². The number of hydrogen-bond acceptors (Lipinski definition) is 4. The topological polar surface area (TPSA) is 70.4 Å². The highest BCUT2D eigenvalue weighted by Crippen LogP contribution is 2.47. The number of nitrogens with one attached hydrogen (secondary N) is 1. The minimum atomic E-state index is -0.865. The molecule has 2 atom stereocenters. The summed E-state index contributed by atoms with van der Waals surface area (Å²) >= 11 is 0. The Morgan fingerprint density at radius 1 is 1.03 bits per heavy atom. The molecule has 1 saturated carbocycles. The van der Waals surface area contributed by atoms with Crippen molar-refractivity contribution in [1.82, 2.24) is 20.0 Å². The van der Waals surface area contributed by atoms with Crippen molar-refractivity contribution < 1.29 is 9.90 Å². The van der Waals surface area contributed by atoms with E-state index in [0.717, 1.165) is 44.6 Å². The van der Waals surface area contributed by atoms with E-state index in [9.17, 15) is 4.79 Å². The Kier molecular flexibility index (Phi) is 6.79. The van der Waals surface area contributed by atoms with Crippen LogP contribution in [0.5, 0.6) is 0 Å². The number of piperidine rings is 1. The number of carboxylic acids is 1. The summed E-state index contributed by atoms with van der Waals surface area (Å²) in [5.74, 6) is 1.35. The zero-order chi connectivity index (χ0) is 23.5. The zero-order valence-corrected chi connectivity index (χ0v) is 19.9. The van der Waals surface area contributed by atoms with Gasteiger partial charge in [0.05, 0.1) is 11.8 Å². The van der Waals surface area contributed by atoms with Gasteiger partial charge >= 0.3 is 5.97 Å². The fourth-order valence-corrected chi connectivity index (χ4v) is 5.21. The van der Waals surface area contributed by atoms with Crippen molar-refractivity contribution in [1.29, 1.82) is 0 Å². The van der Waals surface area contributed by atoms with Gasteiger partial charge in [0.25, 0.3) is 0 Å². The maximum Gasteiger partial charge on any atom is 0.335 e. The average Bonchev–Trinajstić information content (AvgIpc) is 3.50. The minimum Gasteiger partial charge on any atom is -0.478 e. The Morgan fingerprint density at radius 3 is 2.41 bits per heavy atom. The predicted molar refractivity (Wildman–Crippen MR) is 134 cm³/mol. The maximum atomic E-state index is 11.0. The van der Waals surface area contributed by atoms with E-state index in [1.54, 1.807) is 12.1 Å². The number of likely N-dealkylation sites (tertiary alicyclic amines) is 1. The van der Waals surface area contributed by atoms with Gasteiger partial charge in [-0.15, -0.1) is 0 Å². The van der Waals surface area contributed by atoms with E-state index in [1.165, 1.54) is 41.5 Å². The molecule has 1 aliphatic carbocycles. The lowest BCUT2D eigenvalue weighted by Crippen LogP contribution is -2.37. The van der Waals surface area contributed by atoms with Gasteiger partial charge in [-0.05, 0) is 92.0 Å². The standard InChI is InChI=1S/C28H34N4O2/c1-31-19-26(17-30-31)22-6-8-23(9-7-22)27-14-25(27)16-29-15-20-10-12-32(13-11-20)18-21-2-4-24(5-3-21)28(33)34/h2-9,17,19-20,25,27,29H,10-16,18H2,1H3,(H,33,34). The van der Waals surface area contributed by atoms with E-state index < -0.39 is 5.97 Å². The van der Waals surface area contributed by atoms with Gasteiger partial charge in [0, 0.05) is 25.4 Å². The van der Waals surface area contributed by atoms with Crippen molar-refractivity contribution >= 4 is 5.97 Å².